The van der Waals surface area contributed by atoms with E-state index in [-0.39, 0.29) is 23.9 Å². The molecule has 0 aliphatic carbocycles. The van der Waals surface area contributed by atoms with E-state index in [1.807, 2.05) is 0 Å². The Kier molecular flexibility index (Phi) is 5.36. The van der Waals surface area contributed by atoms with Gasteiger partial charge in [0.15, 0.2) is 5.82 Å². The summed E-state index contributed by atoms with van der Waals surface area (Å²) in [7, 11) is 0. The molecule has 140 valence electrons. The van der Waals surface area contributed by atoms with Crippen LogP contribution in [0.3, 0.4) is 0 Å². The highest BCUT2D eigenvalue weighted by molar-refractivity contribution is 7.07. The fourth-order valence-corrected chi connectivity index (χ4v) is 2.78. The number of ether oxygens (including phenoxy) is 1. The maximum atomic E-state index is 13.0. The van der Waals surface area contributed by atoms with Gasteiger partial charge in [-0.1, -0.05) is 6.07 Å². The minimum atomic E-state index is -4.52. The number of hydrogen-bond donors (Lipinski definition) is 1. The molecule has 0 aliphatic rings. The Balaban J connectivity index is 1.82. The van der Waals surface area contributed by atoms with Gasteiger partial charge in [-0.15, -0.1) is 21.5 Å². The van der Waals surface area contributed by atoms with Crippen molar-refractivity contribution in [3.8, 4) is 17.0 Å². The number of hydrogen-bond acceptors (Lipinski definition) is 6. The fourth-order valence-electron chi connectivity index (χ4n) is 2.25. The van der Waals surface area contributed by atoms with Crippen molar-refractivity contribution in [2.75, 3.05) is 11.9 Å². The van der Waals surface area contributed by atoms with Gasteiger partial charge in [0.05, 0.1) is 23.4 Å². The number of amides is 1. The quantitative estimate of drug-likeness (QED) is 0.699. The van der Waals surface area contributed by atoms with Crippen LogP contribution in [0.2, 0.25) is 0 Å². The zero-order valence-corrected chi connectivity index (χ0v) is 14.8. The normalized spacial score (nSPS) is 11.3. The number of thiazole rings is 1. The molecule has 27 heavy (non-hydrogen) atoms. The van der Waals surface area contributed by atoms with Gasteiger partial charge >= 0.3 is 6.18 Å². The molecule has 0 bridgehead atoms. The molecule has 0 fully saturated rings. The number of aromatic nitrogens is 3. The maximum Gasteiger partial charge on any atom is 0.419 e. The number of rotatable bonds is 5. The van der Waals surface area contributed by atoms with E-state index in [0.717, 1.165) is 6.07 Å². The van der Waals surface area contributed by atoms with Gasteiger partial charge in [-0.25, -0.2) is 4.98 Å². The fraction of sp³-hybridized carbons (Fsp3) is 0.176. The van der Waals surface area contributed by atoms with Gasteiger partial charge in [-0.05, 0) is 31.2 Å². The average molecular weight is 394 g/mol. The van der Waals surface area contributed by atoms with E-state index in [1.165, 1.54) is 35.0 Å². The number of alkyl halides is 3. The summed E-state index contributed by atoms with van der Waals surface area (Å²) >= 11 is 1.29. The molecule has 0 unspecified atom stereocenters. The Labute approximate surface area is 156 Å². The van der Waals surface area contributed by atoms with Crippen LogP contribution < -0.4 is 10.1 Å². The molecule has 0 saturated heterocycles. The standard InChI is InChI=1S/C17H13F3N4O2S/c1-2-26-14-7-10(3-4-11(14)17(18,19)20)12-5-6-15(24-23-12)22-16(25)13-8-27-9-21-13/h3-9H,2H2,1H3,(H,22,24,25). The lowest BCUT2D eigenvalue weighted by Gasteiger charge is -2.14. The highest BCUT2D eigenvalue weighted by atomic mass is 32.1. The first-order valence-electron chi connectivity index (χ1n) is 7.76. The molecule has 1 aromatic carbocycles. The van der Waals surface area contributed by atoms with E-state index < -0.39 is 17.6 Å². The molecule has 6 nitrogen and oxygen atoms in total. The predicted octanol–water partition coefficient (Wildman–Crippen LogP) is 4.27. The number of benzene rings is 1. The van der Waals surface area contributed by atoms with Crippen molar-refractivity contribution < 1.29 is 22.7 Å². The highest BCUT2D eigenvalue weighted by Gasteiger charge is 2.34. The van der Waals surface area contributed by atoms with Crippen molar-refractivity contribution in [1.82, 2.24) is 15.2 Å². The summed E-state index contributed by atoms with van der Waals surface area (Å²) in [4.78, 5) is 15.8. The summed E-state index contributed by atoms with van der Waals surface area (Å²) in [5.74, 6) is -0.495. The zero-order valence-electron chi connectivity index (χ0n) is 13.9. The van der Waals surface area contributed by atoms with Gasteiger partial charge < -0.3 is 10.1 Å². The first kappa shape index (κ1) is 18.8. The van der Waals surface area contributed by atoms with Crippen molar-refractivity contribution >= 4 is 23.1 Å². The molecule has 3 aromatic rings. The topological polar surface area (TPSA) is 77.0 Å². The second-order valence-corrected chi connectivity index (χ2v) is 5.99. The third-order valence-electron chi connectivity index (χ3n) is 3.45. The zero-order chi connectivity index (χ0) is 19.4. The Hall–Kier alpha value is -3.01. The third kappa shape index (κ3) is 4.40. The van der Waals surface area contributed by atoms with Crippen molar-refractivity contribution in [3.63, 3.8) is 0 Å². The van der Waals surface area contributed by atoms with Gasteiger partial charge in [0.25, 0.3) is 5.91 Å². The number of anilines is 1. The highest BCUT2D eigenvalue weighted by Crippen LogP contribution is 2.38. The average Bonchev–Trinajstić information content (AvgIpc) is 3.16. The summed E-state index contributed by atoms with van der Waals surface area (Å²) in [6.07, 6.45) is -4.52. The molecule has 0 radical (unpaired) electrons. The van der Waals surface area contributed by atoms with Crippen LogP contribution in [0.4, 0.5) is 19.0 Å². The van der Waals surface area contributed by atoms with Gasteiger partial charge in [0.1, 0.15) is 11.4 Å². The molecular formula is C17H13F3N4O2S. The van der Waals surface area contributed by atoms with Crippen LogP contribution in [0.25, 0.3) is 11.3 Å². The van der Waals surface area contributed by atoms with Crippen LogP contribution in [0.1, 0.15) is 23.0 Å². The lowest BCUT2D eigenvalue weighted by atomic mass is 10.1. The molecular weight excluding hydrogens is 381 g/mol. The molecule has 1 N–H and O–H groups in total. The third-order valence-corrected chi connectivity index (χ3v) is 4.04. The number of halogens is 3. The van der Waals surface area contributed by atoms with Crippen LogP contribution >= 0.6 is 11.3 Å². The minimum absolute atomic E-state index is 0.0970. The van der Waals surface area contributed by atoms with Gasteiger partial charge in [-0.2, -0.15) is 13.2 Å². The molecule has 3 rings (SSSR count). The first-order valence-corrected chi connectivity index (χ1v) is 8.70. The molecule has 1 amide bonds. The molecule has 0 aliphatic heterocycles. The maximum absolute atomic E-state index is 13.0. The Morgan fingerprint density at radius 2 is 2.04 bits per heavy atom. The van der Waals surface area contributed by atoms with Crippen LogP contribution in [0, 0.1) is 0 Å². The summed E-state index contributed by atoms with van der Waals surface area (Å²) < 4.78 is 44.2. The second-order valence-electron chi connectivity index (χ2n) is 5.27. The van der Waals surface area contributed by atoms with Crippen LogP contribution in [0.5, 0.6) is 5.75 Å². The van der Waals surface area contributed by atoms with Gasteiger partial charge in [0.2, 0.25) is 0 Å². The lowest BCUT2D eigenvalue weighted by molar-refractivity contribution is -0.138. The molecule has 0 spiro atoms. The number of nitrogens with zero attached hydrogens (tertiary/aromatic N) is 3. The van der Waals surface area contributed by atoms with Crippen LogP contribution in [0.15, 0.2) is 41.2 Å². The van der Waals surface area contributed by atoms with E-state index >= 15 is 0 Å². The number of carbonyl (C=O) groups is 1. The summed E-state index contributed by atoms with van der Waals surface area (Å²) in [5, 5.41) is 12.0. The summed E-state index contributed by atoms with van der Waals surface area (Å²) in [6, 6.07) is 6.55. The van der Waals surface area contributed by atoms with Gasteiger partial charge in [-0.3, -0.25) is 4.79 Å². The Morgan fingerprint density at radius 1 is 1.22 bits per heavy atom. The smallest absolute Gasteiger partial charge is 0.419 e. The Bertz CT molecular complexity index is 928. The van der Waals surface area contributed by atoms with Gasteiger partial charge in [0, 0.05) is 10.9 Å². The van der Waals surface area contributed by atoms with E-state index in [0.29, 0.717) is 11.3 Å². The van der Waals surface area contributed by atoms with Crippen molar-refractivity contribution in [1.29, 1.82) is 0 Å². The molecule has 0 atom stereocenters. The summed E-state index contributed by atoms with van der Waals surface area (Å²) in [5.41, 5.74) is 1.69. The SMILES string of the molecule is CCOc1cc(-c2ccc(NC(=O)c3cscn3)nn2)ccc1C(F)(F)F. The number of carbonyl (C=O) groups excluding carboxylic acids is 1. The van der Waals surface area contributed by atoms with E-state index in [4.69, 9.17) is 4.74 Å². The molecule has 2 heterocycles. The van der Waals surface area contributed by atoms with Crippen molar-refractivity contribution in [2.45, 2.75) is 13.1 Å². The molecule has 0 saturated carbocycles. The molecule has 10 heteroatoms. The number of nitrogens with one attached hydrogen (secondary N) is 1. The van der Waals surface area contributed by atoms with Crippen LogP contribution in [-0.4, -0.2) is 27.7 Å². The van der Waals surface area contributed by atoms with Crippen LogP contribution in [-0.2, 0) is 6.18 Å². The monoisotopic (exact) mass is 394 g/mol. The Morgan fingerprint density at radius 3 is 2.63 bits per heavy atom. The summed E-state index contributed by atoms with van der Waals surface area (Å²) in [6.45, 7) is 1.70. The largest absolute Gasteiger partial charge is 0.493 e. The van der Waals surface area contributed by atoms with E-state index in [9.17, 15) is 18.0 Å². The second kappa shape index (κ2) is 7.70. The first-order chi connectivity index (χ1) is 12.9. The van der Waals surface area contributed by atoms with Crippen molar-refractivity contribution in [2.24, 2.45) is 0 Å². The predicted molar refractivity (Wildman–Crippen MR) is 93.7 cm³/mol. The van der Waals surface area contributed by atoms with E-state index in [1.54, 1.807) is 18.4 Å². The lowest BCUT2D eigenvalue weighted by Crippen LogP contribution is -2.13. The van der Waals surface area contributed by atoms with E-state index in [2.05, 4.69) is 20.5 Å². The van der Waals surface area contributed by atoms with Crippen molar-refractivity contribution in [3.05, 3.63) is 52.5 Å². The minimum Gasteiger partial charge on any atom is -0.493 e. The molecule has 2 aromatic heterocycles.